The van der Waals surface area contributed by atoms with E-state index in [1.165, 1.54) is 9.80 Å². The van der Waals surface area contributed by atoms with E-state index < -0.39 is 0 Å². The number of aryl methyl sites for hydroxylation is 1. The van der Waals surface area contributed by atoms with E-state index >= 15 is 0 Å². The molecule has 1 aromatic heterocycles. The first-order valence-corrected chi connectivity index (χ1v) is 10.9. The van der Waals surface area contributed by atoms with Gasteiger partial charge in [-0.15, -0.1) is 0 Å². The van der Waals surface area contributed by atoms with Crippen LogP contribution in [-0.2, 0) is 13.6 Å². The van der Waals surface area contributed by atoms with Crippen molar-refractivity contribution in [2.45, 2.75) is 13.5 Å². The van der Waals surface area contributed by atoms with Gasteiger partial charge in [0.25, 0.3) is 5.69 Å². The number of ether oxygens (including phenoxy) is 1. The highest BCUT2D eigenvalue weighted by atomic mass is 16.6. The Labute approximate surface area is 187 Å². The van der Waals surface area contributed by atoms with Crippen molar-refractivity contribution in [1.29, 1.82) is 0 Å². The van der Waals surface area contributed by atoms with Gasteiger partial charge < -0.3 is 19.1 Å². The van der Waals surface area contributed by atoms with E-state index in [0.717, 1.165) is 66.2 Å². The van der Waals surface area contributed by atoms with Crippen LogP contribution in [0.1, 0.15) is 21.6 Å². The van der Waals surface area contributed by atoms with Crippen LogP contribution in [0, 0.1) is 17.0 Å². The SMILES string of the molecule is COc1ccc2c(c1)c(C(=O)C[NH+]1CC[NH+](Cc3ccc([N+](=O)[O-])cc3)CC1)c(C)n2C. The zero-order chi connectivity index (χ0) is 22.8. The van der Waals surface area contributed by atoms with Gasteiger partial charge in [0.05, 0.1) is 17.6 Å². The maximum Gasteiger partial charge on any atom is 0.269 e. The van der Waals surface area contributed by atoms with Gasteiger partial charge >= 0.3 is 0 Å². The molecule has 0 spiro atoms. The molecule has 0 bridgehead atoms. The van der Waals surface area contributed by atoms with Crippen molar-refractivity contribution in [3.63, 3.8) is 0 Å². The maximum absolute atomic E-state index is 13.3. The van der Waals surface area contributed by atoms with Gasteiger partial charge in [0.15, 0.2) is 0 Å². The van der Waals surface area contributed by atoms with Crippen LogP contribution < -0.4 is 14.5 Å². The fourth-order valence-electron chi connectivity index (χ4n) is 4.68. The third kappa shape index (κ3) is 4.37. The molecule has 1 fully saturated rings. The number of hydrogen-bond donors (Lipinski definition) is 2. The van der Waals surface area contributed by atoms with Crippen LogP contribution in [0.4, 0.5) is 5.69 Å². The van der Waals surface area contributed by atoms with Gasteiger partial charge in [-0.1, -0.05) is 0 Å². The lowest BCUT2D eigenvalue weighted by molar-refractivity contribution is -1.01. The maximum atomic E-state index is 13.3. The summed E-state index contributed by atoms with van der Waals surface area (Å²) in [7, 11) is 3.63. The molecule has 1 saturated heterocycles. The Morgan fingerprint density at radius 1 is 1.09 bits per heavy atom. The highest BCUT2D eigenvalue weighted by molar-refractivity contribution is 6.10. The lowest BCUT2D eigenvalue weighted by atomic mass is 10.1. The predicted molar refractivity (Wildman–Crippen MR) is 122 cm³/mol. The number of piperazine rings is 1. The number of non-ortho nitro benzene ring substituents is 1. The number of quaternary nitrogens is 2. The quantitative estimate of drug-likeness (QED) is 0.321. The topological polar surface area (TPSA) is 83.2 Å². The third-order valence-corrected chi connectivity index (χ3v) is 6.65. The van der Waals surface area contributed by atoms with Crippen LogP contribution in [0.2, 0.25) is 0 Å². The summed E-state index contributed by atoms with van der Waals surface area (Å²) in [5.41, 5.74) is 4.05. The number of nitro benzene ring substituents is 1. The van der Waals surface area contributed by atoms with Crippen molar-refractivity contribution in [3.8, 4) is 5.75 Å². The van der Waals surface area contributed by atoms with Crippen LogP contribution in [-0.4, -0.2) is 55.1 Å². The van der Waals surface area contributed by atoms with Crippen LogP contribution in [0.5, 0.6) is 5.75 Å². The molecule has 0 radical (unpaired) electrons. The van der Waals surface area contributed by atoms with Crippen LogP contribution in [0.25, 0.3) is 10.9 Å². The molecule has 4 rings (SSSR count). The van der Waals surface area contributed by atoms with Crippen LogP contribution in [0.3, 0.4) is 0 Å². The van der Waals surface area contributed by atoms with E-state index in [-0.39, 0.29) is 16.4 Å². The number of Topliss-reactive ketones (excluding diaryl/α,β-unsaturated/α-hetero) is 1. The molecule has 0 amide bonds. The van der Waals surface area contributed by atoms with Crippen molar-refractivity contribution >= 4 is 22.4 Å². The molecule has 168 valence electrons. The number of hydrogen-bond acceptors (Lipinski definition) is 4. The molecule has 32 heavy (non-hydrogen) atoms. The smallest absolute Gasteiger partial charge is 0.269 e. The molecule has 8 nitrogen and oxygen atoms in total. The standard InChI is InChI=1S/C24H28N4O4/c1-17-24(21-14-20(32-3)8-9-22(21)25(17)2)23(29)16-27-12-10-26(11-13-27)15-18-4-6-19(7-5-18)28(30)31/h4-9,14H,10-13,15-16H2,1-3H3/p+2. The first kappa shape index (κ1) is 22.0. The minimum atomic E-state index is -0.372. The summed E-state index contributed by atoms with van der Waals surface area (Å²) < 4.78 is 7.45. The third-order valence-electron chi connectivity index (χ3n) is 6.65. The summed E-state index contributed by atoms with van der Waals surface area (Å²) in [6.45, 7) is 7.15. The Hall–Kier alpha value is -3.23. The number of ketones is 1. The molecule has 1 aliphatic rings. The number of nitro groups is 1. The molecule has 3 aromatic rings. The van der Waals surface area contributed by atoms with Crippen LogP contribution >= 0.6 is 0 Å². The van der Waals surface area contributed by atoms with Gasteiger partial charge in [0.2, 0.25) is 5.78 Å². The summed E-state index contributed by atoms with van der Waals surface area (Å²) in [4.78, 5) is 26.5. The molecular formula is C24H30N4O4+2. The number of methoxy groups -OCH3 is 1. The molecular weight excluding hydrogens is 408 g/mol. The Bertz CT molecular complexity index is 1150. The number of aromatic nitrogens is 1. The Kier molecular flexibility index (Phi) is 6.25. The monoisotopic (exact) mass is 438 g/mol. The van der Waals surface area contributed by atoms with E-state index in [4.69, 9.17) is 4.74 Å². The number of nitrogens with one attached hydrogen (secondary N) is 2. The van der Waals surface area contributed by atoms with E-state index in [0.29, 0.717) is 6.54 Å². The average Bonchev–Trinajstić information content (AvgIpc) is 3.05. The Morgan fingerprint density at radius 2 is 1.75 bits per heavy atom. The molecule has 1 aliphatic heterocycles. The highest BCUT2D eigenvalue weighted by Crippen LogP contribution is 2.28. The second-order valence-electron chi connectivity index (χ2n) is 8.60. The highest BCUT2D eigenvalue weighted by Gasteiger charge is 2.28. The normalized spacial score (nSPS) is 18.6. The number of carbonyl (C=O) groups is 1. The van der Waals surface area contributed by atoms with Crippen molar-refractivity contribution in [2.24, 2.45) is 7.05 Å². The number of benzene rings is 2. The Morgan fingerprint density at radius 3 is 2.38 bits per heavy atom. The van der Waals surface area contributed by atoms with Crippen LogP contribution in [0.15, 0.2) is 42.5 Å². The summed E-state index contributed by atoms with van der Waals surface area (Å²) >= 11 is 0. The first-order valence-electron chi connectivity index (χ1n) is 10.9. The van der Waals surface area contributed by atoms with E-state index in [2.05, 4.69) is 4.57 Å². The van der Waals surface area contributed by atoms with Gasteiger partial charge in [-0.05, 0) is 37.3 Å². The number of fused-ring (bicyclic) bond motifs is 1. The molecule has 0 atom stereocenters. The minimum Gasteiger partial charge on any atom is -0.497 e. The van der Waals surface area contributed by atoms with Gasteiger partial charge in [0.1, 0.15) is 45.0 Å². The zero-order valence-corrected chi connectivity index (χ0v) is 18.8. The molecule has 0 aliphatic carbocycles. The summed E-state index contributed by atoms with van der Waals surface area (Å²) in [6.07, 6.45) is 0. The fraction of sp³-hybridized carbons (Fsp3) is 0.375. The molecule has 0 saturated carbocycles. The summed E-state index contributed by atoms with van der Waals surface area (Å²) in [5.74, 6) is 0.933. The van der Waals surface area contributed by atoms with Gasteiger partial charge in [-0.3, -0.25) is 14.9 Å². The minimum absolute atomic E-state index is 0.123. The van der Waals surface area contributed by atoms with E-state index in [1.54, 1.807) is 19.2 Å². The molecule has 2 N–H and O–H groups in total. The first-order chi connectivity index (χ1) is 15.4. The second kappa shape index (κ2) is 9.10. The Balaban J connectivity index is 1.39. The predicted octanol–water partition coefficient (Wildman–Crippen LogP) is 0.570. The lowest BCUT2D eigenvalue weighted by Crippen LogP contribution is -3.27. The molecule has 2 aromatic carbocycles. The van der Waals surface area contributed by atoms with Gasteiger partial charge in [-0.2, -0.15) is 0 Å². The fourth-order valence-corrected chi connectivity index (χ4v) is 4.68. The van der Waals surface area contributed by atoms with Crippen molar-refractivity contribution < 1.29 is 24.3 Å². The number of rotatable bonds is 7. The summed E-state index contributed by atoms with van der Waals surface area (Å²) in [5, 5.41) is 11.8. The van der Waals surface area contributed by atoms with Crippen molar-refractivity contribution in [2.75, 3.05) is 39.8 Å². The number of nitrogens with zero attached hydrogens (tertiary/aromatic N) is 2. The summed E-state index contributed by atoms with van der Waals surface area (Å²) in [6, 6.07) is 12.7. The van der Waals surface area contributed by atoms with E-state index in [9.17, 15) is 14.9 Å². The van der Waals surface area contributed by atoms with E-state index in [1.807, 2.05) is 44.3 Å². The zero-order valence-electron chi connectivity index (χ0n) is 18.8. The largest absolute Gasteiger partial charge is 0.497 e. The molecule has 0 unspecified atom stereocenters. The van der Waals surface area contributed by atoms with Gasteiger partial charge in [-0.25, -0.2) is 0 Å². The average molecular weight is 439 g/mol. The molecule has 8 heteroatoms. The number of carbonyl (C=O) groups excluding carboxylic acids is 1. The lowest BCUT2D eigenvalue weighted by Gasteiger charge is -2.29. The second-order valence-corrected chi connectivity index (χ2v) is 8.60. The van der Waals surface area contributed by atoms with Gasteiger partial charge in [0, 0.05) is 41.3 Å². The van der Waals surface area contributed by atoms with Crippen molar-refractivity contribution in [1.82, 2.24) is 4.57 Å². The van der Waals surface area contributed by atoms with Crippen molar-refractivity contribution in [3.05, 3.63) is 69.4 Å². The molecule has 2 heterocycles.